The maximum Gasteiger partial charge on any atom is 0.311 e. The van der Waals surface area contributed by atoms with Gasteiger partial charge in [-0.3, -0.25) is 9.59 Å². The lowest BCUT2D eigenvalue weighted by Gasteiger charge is -2.45. The number of allylic oxidation sites excluding steroid dienone is 12. The Hall–Kier alpha value is -3.68. The first kappa shape index (κ1) is 70.4. The first-order valence-corrected chi connectivity index (χ1v) is 26.3. The largest absolute Gasteiger partial charge is 0.481 e. The van der Waals surface area contributed by atoms with Crippen molar-refractivity contribution in [3.05, 3.63) is 85.1 Å². The minimum absolute atomic E-state index is 0.0936. The highest BCUT2D eigenvalue weighted by Crippen LogP contribution is 2.38. The zero-order valence-corrected chi connectivity index (χ0v) is 45.0. The average Bonchev–Trinajstić information content (AvgIpc) is 3.36. The van der Waals surface area contributed by atoms with Gasteiger partial charge in [0.25, 0.3) is 0 Å². The van der Waals surface area contributed by atoms with Crippen molar-refractivity contribution >= 4 is 11.9 Å². The van der Waals surface area contributed by atoms with Gasteiger partial charge >= 0.3 is 11.9 Å². The predicted octanol–water partition coefficient (Wildman–Crippen LogP) is -2.65. The Balaban J connectivity index is 0.00000141. The van der Waals surface area contributed by atoms with Crippen LogP contribution in [0.15, 0.2) is 85.1 Å². The van der Waals surface area contributed by atoms with E-state index < -0.39 is 178 Å². The van der Waals surface area contributed by atoms with Gasteiger partial charge in [0.1, 0.15) is 36.4 Å². The Bertz CT molecular complexity index is 1940. The summed E-state index contributed by atoms with van der Waals surface area (Å²) < 4.78 is 23.1. The Morgan fingerprint density at radius 1 is 0.692 bits per heavy atom. The molecule has 3 rings (SSSR count). The van der Waals surface area contributed by atoms with Crippen LogP contribution in [0.3, 0.4) is 0 Å². The summed E-state index contributed by atoms with van der Waals surface area (Å²) in [5, 5.41) is 166. The number of aliphatic hydroxyl groups is 15. The molecule has 0 aliphatic carbocycles. The standard InChI is InChI=1S/C47H73NO17.C7H17NO5/c1-27-17-15-13-11-9-7-5-6-8-10-12-14-16-18-34(64-46-44(58)41(48)43(57)30(4)63-46)24-38-40(45(59)60)37(54)26-47(61,65-38)25-33(51)22-36(53)35(52)20-19-31(49)21-32(50)23-39(55)62-29(3)28(2)42(27)56;1-8-2-4(10)6(12)7(13)5(11)3-9/h5-18,27-38,40-44,46,49-54,56-58,61H,19-26,48H2,1-4H3,(H,59,60);4-13H,2-3H2,1H3/t27-,28-,29-,30+,31+,32+,33-,34-,35+,36+,37-,38-,40+,41-,42+,43+,44-,46-,47+;4-,5+,6-,7+/m00/s1. The van der Waals surface area contributed by atoms with Crippen LogP contribution in [0.1, 0.15) is 79.1 Å². The normalized spacial score (nSPS) is 38.5. The minimum atomic E-state index is -2.33. The SMILES string of the molecule is CNC[C@H](O)[C@H](O)[C@H](O)[C@H](O)CO.C[C@@H]1[C@H](O)[C@@H](C)C=CC=CC=CC=CC=CC=CC=C[C@H](O[C@@H]2O[C@H](C)[C@@H](O)[C@H](N)[C@@H]2O)C[C@@H]2O[C@](O)(C[C@@H](O)C[C@@H](O)[C@H](O)CC[C@@H](O)C[C@@H](O)CC(=O)O[C@H]1C)C[C@H](O)[C@H]2C(=O)O. The number of aliphatic hydroxyl groups excluding tert-OH is 14. The van der Waals surface area contributed by atoms with Gasteiger partial charge in [-0.2, -0.15) is 0 Å². The van der Waals surface area contributed by atoms with E-state index >= 15 is 0 Å². The number of nitrogens with two attached hydrogens (primary N) is 1. The summed E-state index contributed by atoms with van der Waals surface area (Å²) >= 11 is 0. The van der Waals surface area contributed by atoms with E-state index in [0.29, 0.717) is 0 Å². The van der Waals surface area contributed by atoms with E-state index in [0.717, 1.165) is 0 Å². The monoisotopic (exact) mass is 1120 g/mol. The van der Waals surface area contributed by atoms with Crippen LogP contribution in [0.2, 0.25) is 0 Å². The van der Waals surface area contributed by atoms with Gasteiger partial charge < -0.3 is 112 Å². The fourth-order valence-electron chi connectivity index (χ4n) is 8.86. The van der Waals surface area contributed by atoms with Gasteiger partial charge in [-0.1, -0.05) is 98.9 Å². The second-order valence-corrected chi connectivity index (χ2v) is 20.4. The van der Waals surface area contributed by atoms with Crippen LogP contribution < -0.4 is 11.1 Å². The highest BCUT2D eigenvalue weighted by Gasteiger charge is 2.51. The van der Waals surface area contributed by atoms with Crippen LogP contribution in [0.5, 0.6) is 0 Å². The highest BCUT2D eigenvalue weighted by atomic mass is 16.7. The molecule has 24 heteroatoms. The van der Waals surface area contributed by atoms with Gasteiger partial charge in [0.15, 0.2) is 12.1 Å². The van der Waals surface area contributed by atoms with Crippen LogP contribution in [-0.4, -0.2) is 236 Å². The Kier molecular flexibility index (Phi) is 32.4. The van der Waals surface area contributed by atoms with E-state index in [1.54, 1.807) is 87.7 Å². The smallest absolute Gasteiger partial charge is 0.311 e. The van der Waals surface area contributed by atoms with Crippen molar-refractivity contribution in [3.63, 3.8) is 0 Å². The fraction of sp³-hybridized carbons (Fsp3) is 0.704. The third kappa shape index (κ3) is 24.6. The molecular formula is C54H90N2O22. The van der Waals surface area contributed by atoms with Crippen LogP contribution >= 0.6 is 0 Å². The number of hydrogen-bond donors (Lipinski definition) is 18. The summed E-state index contributed by atoms with van der Waals surface area (Å²) in [7, 11) is 1.57. The molecule has 2 bridgehead atoms. The number of carboxylic acid groups (broad SMARTS) is 1. The van der Waals surface area contributed by atoms with Gasteiger partial charge in [-0.05, 0) is 40.2 Å². The summed E-state index contributed by atoms with van der Waals surface area (Å²) in [5.41, 5.74) is 6.02. The lowest BCUT2D eigenvalue weighted by Crippen LogP contribution is -2.61. The van der Waals surface area contributed by atoms with E-state index in [-0.39, 0.29) is 38.1 Å². The molecule has 0 aromatic heterocycles. The number of carboxylic acids is 1. The second kappa shape index (κ2) is 35.9. The van der Waals surface area contributed by atoms with Gasteiger partial charge in [-0.25, -0.2) is 0 Å². The van der Waals surface area contributed by atoms with Crippen molar-refractivity contribution < 1.29 is 110 Å². The van der Waals surface area contributed by atoms with Crippen LogP contribution in [0.25, 0.3) is 0 Å². The first-order valence-electron chi connectivity index (χ1n) is 26.3. The lowest BCUT2D eigenvalue weighted by atomic mass is 9.82. The van der Waals surface area contributed by atoms with Gasteiger partial charge in [0.05, 0.1) is 92.3 Å². The zero-order valence-electron chi connectivity index (χ0n) is 45.0. The molecule has 23 atom stereocenters. The summed E-state index contributed by atoms with van der Waals surface area (Å²) in [6.45, 7) is 6.17. The number of ether oxygens (including phenoxy) is 4. The van der Waals surface area contributed by atoms with Crippen molar-refractivity contribution in [3.8, 4) is 0 Å². The van der Waals surface area contributed by atoms with E-state index in [1.165, 1.54) is 13.0 Å². The quantitative estimate of drug-likeness (QED) is 0.105. The second-order valence-electron chi connectivity index (χ2n) is 20.4. The molecule has 3 aliphatic heterocycles. The summed E-state index contributed by atoms with van der Waals surface area (Å²) in [5.74, 6) is -6.83. The Labute approximate surface area is 456 Å². The molecule has 3 heterocycles. The highest BCUT2D eigenvalue weighted by molar-refractivity contribution is 5.71. The van der Waals surface area contributed by atoms with Gasteiger partial charge in [-0.15, -0.1) is 0 Å². The Morgan fingerprint density at radius 3 is 1.79 bits per heavy atom. The fourth-order valence-corrected chi connectivity index (χ4v) is 8.86. The van der Waals surface area contributed by atoms with E-state index in [2.05, 4.69) is 5.32 Å². The molecule has 24 nitrogen and oxygen atoms in total. The number of carbonyl (C=O) groups is 2. The molecule has 0 unspecified atom stereocenters. The number of cyclic esters (lactones) is 1. The number of aliphatic carboxylic acids is 1. The van der Waals surface area contributed by atoms with Crippen LogP contribution in [-0.2, 0) is 28.5 Å². The lowest BCUT2D eigenvalue weighted by molar-refractivity contribution is -0.308. The molecule has 0 spiro atoms. The Morgan fingerprint density at radius 2 is 1.24 bits per heavy atom. The number of rotatable bonds is 9. The molecular weight excluding hydrogens is 1030 g/mol. The molecule has 0 radical (unpaired) electrons. The minimum Gasteiger partial charge on any atom is -0.481 e. The molecule has 448 valence electrons. The van der Waals surface area contributed by atoms with Crippen LogP contribution in [0.4, 0.5) is 0 Å². The third-order valence-electron chi connectivity index (χ3n) is 13.8. The van der Waals surface area contributed by atoms with Crippen molar-refractivity contribution in [2.24, 2.45) is 23.5 Å². The molecule has 78 heavy (non-hydrogen) atoms. The summed E-state index contributed by atoms with van der Waals surface area (Å²) in [4.78, 5) is 25.1. The number of nitrogens with one attached hydrogen (secondary N) is 1. The number of fused-ring (bicyclic) bond motifs is 2. The summed E-state index contributed by atoms with van der Waals surface area (Å²) in [6.07, 6.45) is -2.19. The molecule has 3 aliphatic rings. The van der Waals surface area contributed by atoms with Gasteiger partial charge in [0.2, 0.25) is 0 Å². The number of esters is 1. The number of likely N-dealkylation sites (N-methyl/N-ethyl adjacent to an activating group) is 1. The molecule has 0 aromatic rings. The third-order valence-corrected chi connectivity index (χ3v) is 13.8. The van der Waals surface area contributed by atoms with Crippen molar-refractivity contribution in [2.75, 3.05) is 20.2 Å². The van der Waals surface area contributed by atoms with E-state index in [9.17, 15) is 70.9 Å². The first-order chi connectivity index (χ1) is 36.7. The molecule has 19 N–H and O–H groups in total. The molecule has 0 amide bonds. The maximum absolute atomic E-state index is 12.6. The van der Waals surface area contributed by atoms with Crippen molar-refractivity contribution in [2.45, 2.75) is 201 Å². The summed E-state index contributed by atoms with van der Waals surface area (Å²) in [6, 6.07) is -1.15. The zero-order chi connectivity index (χ0) is 58.9. The van der Waals surface area contributed by atoms with Crippen molar-refractivity contribution in [1.29, 1.82) is 0 Å². The topological polar surface area (TPSA) is 433 Å². The predicted molar refractivity (Wildman–Crippen MR) is 282 cm³/mol. The van der Waals surface area contributed by atoms with E-state index in [4.69, 9.17) is 45.1 Å². The molecule has 0 aromatic carbocycles. The van der Waals surface area contributed by atoms with Crippen LogP contribution in [0, 0.1) is 17.8 Å². The molecule has 2 saturated heterocycles. The van der Waals surface area contributed by atoms with Gasteiger partial charge in [0, 0.05) is 44.1 Å². The molecule has 2 fully saturated rings. The molecule has 0 saturated carbocycles. The maximum atomic E-state index is 12.6. The number of carbonyl (C=O) groups excluding carboxylic acids is 1. The number of hydrogen-bond acceptors (Lipinski definition) is 23. The average molecular weight is 1120 g/mol. The van der Waals surface area contributed by atoms with E-state index in [1.807, 2.05) is 19.1 Å². The van der Waals surface area contributed by atoms with Crippen molar-refractivity contribution in [1.82, 2.24) is 5.32 Å².